The Hall–Kier alpha value is -1.83. The van der Waals surface area contributed by atoms with E-state index in [9.17, 15) is 4.79 Å². The number of nitrogens with two attached hydrogens (primary N) is 1. The summed E-state index contributed by atoms with van der Waals surface area (Å²) in [5.74, 6) is 5.65. The van der Waals surface area contributed by atoms with E-state index >= 15 is 0 Å². The van der Waals surface area contributed by atoms with Gasteiger partial charge in [0.05, 0.1) is 0 Å². The van der Waals surface area contributed by atoms with E-state index in [1.54, 1.807) is 14.0 Å². The van der Waals surface area contributed by atoms with E-state index in [1.165, 1.54) is 6.07 Å². The Labute approximate surface area is 91.6 Å². The maximum absolute atomic E-state index is 11.3. The highest BCUT2D eigenvalue weighted by molar-refractivity contribution is 7.80. The molecule has 0 aliphatic carbocycles. The molecule has 0 spiro atoms. The summed E-state index contributed by atoms with van der Waals surface area (Å²) in [6.45, 7) is 1.70. The molecular formula is C7H12N6OS. The van der Waals surface area contributed by atoms with Gasteiger partial charge < -0.3 is 11.2 Å². The van der Waals surface area contributed by atoms with Crippen molar-refractivity contribution in [3.63, 3.8) is 0 Å². The zero-order valence-corrected chi connectivity index (χ0v) is 9.18. The highest BCUT2D eigenvalue weighted by atomic mass is 32.1. The van der Waals surface area contributed by atoms with Crippen LogP contribution in [0.2, 0.25) is 0 Å². The van der Waals surface area contributed by atoms with Crippen LogP contribution in [0.15, 0.2) is 10.9 Å². The van der Waals surface area contributed by atoms with Crippen molar-refractivity contribution in [3.05, 3.63) is 22.1 Å². The van der Waals surface area contributed by atoms with Crippen LogP contribution in [0.1, 0.15) is 5.69 Å². The molecule has 0 aromatic carbocycles. The summed E-state index contributed by atoms with van der Waals surface area (Å²) in [5, 5.41) is 3.05. The molecule has 0 bridgehead atoms. The van der Waals surface area contributed by atoms with Gasteiger partial charge in [-0.05, 0) is 19.1 Å². The third kappa shape index (κ3) is 2.81. The minimum Gasteiger partial charge on any atom is -0.364 e. The van der Waals surface area contributed by atoms with Crippen molar-refractivity contribution in [2.24, 2.45) is 0 Å². The van der Waals surface area contributed by atoms with Crippen LogP contribution in [0.3, 0.4) is 0 Å². The number of nitrogens with one attached hydrogen (secondary N) is 3. The Balaban J connectivity index is 2.85. The van der Waals surface area contributed by atoms with Gasteiger partial charge in [-0.2, -0.15) is 4.68 Å². The lowest BCUT2D eigenvalue weighted by Gasteiger charge is -2.11. The fourth-order valence-corrected chi connectivity index (χ4v) is 0.920. The molecule has 1 heterocycles. The van der Waals surface area contributed by atoms with E-state index in [-0.39, 0.29) is 11.5 Å². The molecular weight excluding hydrogens is 216 g/mol. The third-order valence-electron chi connectivity index (χ3n) is 1.60. The lowest BCUT2D eigenvalue weighted by molar-refractivity contribution is 0.853. The maximum Gasteiger partial charge on any atom is 0.273 e. The van der Waals surface area contributed by atoms with Crippen molar-refractivity contribution in [2.45, 2.75) is 6.92 Å². The van der Waals surface area contributed by atoms with Crippen LogP contribution < -0.4 is 27.6 Å². The summed E-state index contributed by atoms with van der Waals surface area (Å²) >= 11 is 4.82. The second kappa shape index (κ2) is 4.60. The van der Waals surface area contributed by atoms with Crippen LogP contribution in [0, 0.1) is 6.92 Å². The molecule has 1 aromatic heterocycles. The monoisotopic (exact) mass is 228 g/mol. The van der Waals surface area contributed by atoms with Gasteiger partial charge in [-0.25, -0.2) is 4.98 Å². The lowest BCUT2D eigenvalue weighted by Crippen LogP contribution is -2.40. The summed E-state index contributed by atoms with van der Waals surface area (Å²) in [5.41, 5.74) is 5.46. The van der Waals surface area contributed by atoms with E-state index in [0.29, 0.717) is 10.8 Å². The molecule has 7 nitrogen and oxygen atoms in total. The minimum absolute atomic E-state index is 0.192. The second-order valence-corrected chi connectivity index (χ2v) is 3.17. The predicted molar refractivity (Wildman–Crippen MR) is 61.8 cm³/mol. The highest BCUT2D eigenvalue weighted by Crippen LogP contribution is 1.95. The first-order chi connectivity index (χ1) is 7.04. The van der Waals surface area contributed by atoms with Crippen LogP contribution in [0.25, 0.3) is 0 Å². The van der Waals surface area contributed by atoms with Gasteiger partial charge in [0.1, 0.15) is 0 Å². The summed E-state index contributed by atoms with van der Waals surface area (Å²) < 4.78 is 0.887. The third-order valence-corrected chi connectivity index (χ3v) is 1.90. The fraction of sp³-hybridized carbons (Fsp3) is 0.286. The first-order valence-electron chi connectivity index (χ1n) is 4.14. The van der Waals surface area contributed by atoms with Crippen LogP contribution in [-0.2, 0) is 0 Å². The number of aromatic nitrogens is 2. The molecule has 5 N–H and O–H groups in total. The number of hydrogen-bond acceptors (Lipinski definition) is 5. The molecule has 0 amide bonds. The van der Waals surface area contributed by atoms with Crippen molar-refractivity contribution >= 4 is 23.3 Å². The molecule has 0 saturated heterocycles. The lowest BCUT2D eigenvalue weighted by atomic mass is 10.4. The predicted octanol–water partition coefficient (Wildman–Crippen LogP) is -1.31. The van der Waals surface area contributed by atoms with E-state index in [4.69, 9.17) is 18.1 Å². The first-order valence-corrected chi connectivity index (χ1v) is 4.55. The normalized spacial score (nSPS) is 9.47. The zero-order valence-electron chi connectivity index (χ0n) is 8.37. The Bertz CT molecular complexity index is 428. The largest absolute Gasteiger partial charge is 0.364 e. The molecule has 15 heavy (non-hydrogen) atoms. The summed E-state index contributed by atoms with van der Waals surface area (Å²) in [4.78, 5) is 15.3. The average Bonchev–Trinajstić information content (AvgIpc) is 2.20. The molecule has 0 atom stereocenters. The van der Waals surface area contributed by atoms with E-state index in [1.807, 2.05) is 0 Å². The van der Waals surface area contributed by atoms with E-state index in [2.05, 4.69) is 21.2 Å². The number of thiocarbonyl (C=S) groups is 1. The quantitative estimate of drug-likeness (QED) is 0.283. The minimum atomic E-state index is -0.345. The molecule has 1 aromatic rings. The fourth-order valence-electron chi connectivity index (χ4n) is 0.869. The second-order valence-electron chi connectivity index (χ2n) is 2.76. The van der Waals surface area contributed by atoms with E-state index < -0.39 is 0 Å². The number of nitrogens with zero attached hydrogens (tertiary/aromatic N) is 2. The number of aryl methyl sites for hydroxylation is 1. The van der Waals surface area contributed by atoms with Gasteiger partial charge >= 0.3 is 0 Å². The number of nitrogen functional groups attached to an aromatic ring is 1. The van der Waals surface area contributed by atoms with Crippen LogP contribution in [-0.4, -0.2) is 21.8 Å². The molecule has 8 heteroatoms. The molecule has 0 unspecified atom stereocenters. The smallest absolute Gasteiger partial charge is 0.273 e. The van der Waals surface area contributed by atoms with Gasteiger partial charge in [0.15, 0.2) is 5.11 Å². The first kappa shape index (κ1) is 11.2. The van der Waals surface area contributed by atoms with Gasteiger partial charge in [-0.15, -0.1) is 0 Å². The molecule has 82 valence electrons. The standard InChI is InChI=1S/C7H12N6OS/c1-4-3-5(14)13(8)6(10-4)11-12-7(15)9-2/h3H,8H2,1-2H3,(H,10,11)(H2,9,12,15). The Morgan fingerprint density at radius 1 is 1.67 bits per heavy atom. The van der Waals surface area contributed by atoms with Crippen molar-refractivity contribution in [3.8, 4) is 0 Å². The summed E-state index contributed by atoms with van der Waals surface area (Å²) in [6.07, 6.45) is 0. The van der Waals surface area contributed by atoms with Gasteiger partial charge in [-0.3, -0.25) is 15.6 Å². The molecule has 0 fully saturated rings. The number of hydrogen-bond donors (Lipinski definition) is 4. The van der Waals surface area contributed by atoms with Crippen LogP contribution >= 0.6 is 12.2 Å². The molecule has 0 saturated carbocycles. The molecule has 0 aliphatic rings. The summed E-state index contributed by atoms with van der Waals surface area (Å²) in [7, 11) is 1.66. The van der Waals surface area contributed by atoms with E-state index in [0.717, 1.165) is 4.68 Å². The van der Waals surface area contributed by atoms with Crippen LogP contribution in [0.4, 0.5) is 5.95 Å². The summed E-state index contributed by atoms with van der Waals surface area (Å²) in [6, 6.07) is 1.33. The topological polar surface area (TPSA) is 97.0 Å². The Kier molecular flexibility index (Phi) is 3.45. The number of anilines is 1. The van der Waals surface area contributed by atoms with Crippen LogP contribution in [0.5, 0.6) is 0 Å². The highest BCUT2D eigenvalue weighted by Gasteiger charge is 2.03. The Morgan fingerprint density at radius 2 is 2.33 bits per heavy atom. The molecule has 0 aliphatic heterocycles. The van der Waals surface area contributed by atoms with Crippen molar-refractivity contribution in [1.82, 2.24) is 20.4 Å². The Morgan fingerprint density at radius 3 is 2.93 bits per heavy atom. The molecule has 0 radical (unpaired) electrons. The van der Waals surface area contributed by atoms with Gasteiger partial charge in [0.25, 0.3) is 5.56 Å². The average molecular weight is 228 g/mol. The SMILES string of the molecule is CNC(=S)NNc1nc(C)cc(=O)n1N. The van der Waals surface area contributed by atoms with Crippen molar-refractivity contribution in [1.29, 1.82) is 0 Å². The number of rotatable bonds is 2. The zero-order chi connectivity index (χ0) is 11.4. The van der Waals surface area contributed by atoms with Gasteiger partial charge in [0, 0.05) is 18.8 Å². The van der Waals surface area contributed by atoms with Crippen molar-refractivity contribution < 1.29 is 0 Å². The van der Waals surface area contributed by atoms with Gasteiger partial charge in [-0.1, -0.05) is 0 Å². The van der Waals surface area contributed by atoms with Gasteiger partial charge in [0.2, 0.25) is 5.95 Å². The number of hydrazine groups is 1. The molecule has 1 rings (SSSR count). The maximum atomic E-state index is 11.3. The van der Waals surface area contributed by atoms with Crippen molar-refractivity contribution in [2.75, 3.05) is 18.3 Å².